The van der Waals surface area contributed by atoms with Gasteiger partial charge in [0.1, 0.15) is 5.41 Å². The maximum absolute atomic E-state index is 14.2. The second-order valence-corrected chi connectivity index (χ2v) is 7.56. The summed E-state index contributed by atoms with van der Waals surface area (Å²) in [5.41, 5.74) is -0.839. The second kappa shape index (κ2) is 6.82. The molecule has 3 rings (SSSR count). The summed E-state index contributed by atoms with van der Waals surface area (Å²) in [6.45, 7) is 2.38. The first-order chi connectivity index (χ1) is 11.7. The van der Waals surface area contributed by atoms with Crippen molar-refractivity contribution in [2.45, 2.75) is 25.1 Å². The van der Waals surface area contributed by atoms with E-state index in [-0.39, 0.29) is 22.2 Å². The molecule has 2 atom stereocenters. The Balaban J connectivity index is 1.99. The fraction of sp³-hybridized carbons (Fsp3) is 0.368. The lowest BCUT2D eigenvalue weighted by molar-refractivity contribution is -0.196. The molecule has 1 aliphatic heterocycles. The van der Waals surface area contributed by atoms with Gasteiger partial charge in [0.2, 0.25) is 0 Å². The SMILES string of the molecule is CC1CN(Cc2ccccc2)CC1(c1cc(Cl)cc(Cl)c1)C(F)(F)F. The molecule has 0 aromatic heterocycles. The van der Waals surface area contributed by atoms with E-state index in [0.717, 1.165) is 5.56 Å². The number of benzene rings is 2. The summed E-state index contributed by atoms with van der Waals surface area (Å²) < 4.78 is 42.6. The molecule has 0 aliphatic carbocycles. The molecule has 1 aliphatic rings. The number of hydrogen-bond acceptors (Lipinski definition) is 1. The Morgan fingerprint density at radius 1 is 1.08 bits per heavy atom. The highest BCUT2D eigenvalue weighted by Crippen LogP contribution is 2.51. The Hall–Kier alpha value is -1.23. The van der Waals surface area contributed by atoms with Crippen LogP contribution in [0.5, 0.6) is 0 Å². The van der Waals surface area contributed by atoms with Gasteiger partial charge in [-0.2, -0.15) is 13.2 Å². The monoisotopic (exact) mass is 387 g/mol. The van der Waals surface area contributed by atoms with E-state index in [1.54, 1.807) is 6.92 Å². The summed E-state index contributed by atoms with van der Waals surface area (Å²) in [5, 5.41) is 0.444. The smallest absolute Gasteiger partial charge is 0.298 e. The summed E-state index contributed by atoms with van der Waals surface area (Å²) in [6.07, 6.45) is -4.40. The molecule has 134 valence electrons. The quantitative estimate of drug-likeness (QED) is 0.629. The number of likely N-dealkylation sites (tertiary alicyclic amines) is 1. The van der Waals surface area contributed by atoms with Crippen molar-refractivity contribution < 1.29 is 13.2 Å². The molecule has 0 spiro atoms. The zero-order valence-electron chi connectivity index (χ0n) is 13.7. The van der Waals surface area contributed by atoms with Gasteiger partial charge in [0, 0.05) is 29.7 Å². The van der Waals surface area contributed by atoms with Crippen LogP contribution in [0.4, 0.5) is 13.2 Å². The third-order valence-electron chi connectivity index (χ3n) is 4.98. The average Bonchev–Trinajstić information content (AvgIpc) is 2.84. The number of hydrogen-bond donors (Lipinski definition) is 0. The van der Waals surface area contributed by atoms with Crippen LogP contribution in [0, 0.1) is 5.92 Å². The van der Waals surface area contributed by atoms with Crippen molar-refractivity contribution in [3.63, 3.8) is 0 Å². The van der Waals surface area contributed by atoms with Crippen molar-refractivity contribution in [2.75, 3.05) is 13.1 Å². The number of rotatable bonds is 3. The Kier molecular flexibility index (Phi) is 5.06. The maximum Gasteiger partial charge on any atom is 0.399 e. The van der Waals surface area contributed by atoms with Crippen LogP contribution in [0.15, 0.2) is 48.5 Å². The Morgan fingerprint density at radius 3 is 2.24 bits per heavy atom. The highest BCUT2D eigenvalue weighted by atomic mass is 35.5. The van der Waals surface area contributed by atoms with E-state index in [4.69, 9.17) is 23.2 Å². The molecule has 1 heterocycles. The van der Waals surface area contributed by atoms with Crippen LogP contribution in [0.3, 0.4) is 0 Å². The predicted molar refractivity (Wildman–Crippen MR) is 95.1 cm³/mol. The van der Waals surface area contributed by atoms with Gasteiger partial charge in [0.15, 0.2) is 0 Å². The van der Waals surface area contributed by atoms with Gasteiger partial charge >= 0.3 is 6.18 Å². The second-order valence-electron chi connectivity index (χ2n) is 6.68. The first-order valence-electron chi connectivity index (χ1n) is 8.02. The molecule has 0 radical (unpaired) electrons. The normalized spacial score (nSPS) is 24.6. The molecular formula is C19H18Cl2F3N. The number of halogens is 5. The van der Waals surface area contributed by atoms with E-state index in [9.17, 15) is 13.2 Å². The summed E-state index contributed by atoms with van der Waals surface area (Å²) in [4.78, 5) is 1.85. The molecular weight excluding hydrogens is 370 g/mol. The lowest BCUT2D eigenvalue weighted by Crippen LogP contribution is -2.48. The fourth-order valence-electron chi connectivity index (χ4n) is 3.80. The number of alkyl halides is 3. The minimum atomic E-state index is -4.40. The van der Waals surface area contributed by atoms with Crippen LogP contribution < -0.4 is 0 Å². The first kappa shape index (κ1) is 18.6. The molecule has 0 bridgehead atoms. The van der Waals surface area contributed by atoms with Gasteiger partial charge < -0.3 is 0 Å². The van der Waals surface area contributed by atoms with Gasteiger partial charge in [-0.15, -0.1) is 0 Å². The van der Waals surface area contributed by atoms with Crippen molar-refractivity contribution >= 4 is 23.2 Å². The van der Waals surface area contributed by atoms with Crippen LogP contribution in [0.25, 0.3) is 0 Å². The molecule has 1 fully saturated rings. The van der Waals surface area contributed by atoms with Crippen LogP contribution in [-0.4, -0.2) is 24.2 Å². The molecule has 1 saturated heterocycles. The van der Waals surface area contributed by atoms with Crippen molar-refractivity contribution in [1.82, 2.24) is 4.90 Å². The average molecular weight is 388 g/mol. The molecule has 2 aromatic carbocycles. The fourth-order valence-corrected chi connectivity index (χ4v) is 4.32. The molecule has 25 heavy (non-hydrogen) atoms. The van der Waals surface area contributed by atoms with Gasteiger partial charge in [-0.25, -0.2) is 0 Å². The summed E-state index contributed by atoms with van der Waals surface area (Å²) in [5.74, 6) is -0.606. The molecule has 6 heteroatoms. The zero-order valence-corrected chi connectivity index (χ0v) is 15.2. The topological polar surface area (TPSA) is 3.24 Å². The van der Waals surface area contributed by atoms with E-state index in [0.29, 0.717) is 13.1 Å². The lowest BCUT2D eigenvalue weighted by atomic mass is 9.72. The Bertz CT molecular complexity index is 728. The van der Waals surface area contributed by atoms with Crippen LogP contribution in [-0.2, 0) is 12.0 Å². The maximum atomic E-state index is 14.2. The van der Waals surface area contributed by atoms with Crippen LogP contribution >= 0.6 is 23.2 Å². The van der Waals surface area contributed by atoms with Crippen LogP contribution in [0.1, 0.15) is 18.1 Å². The molecule has 0 amide bonds. The highest BCUT2D eigenvalue weighted by Gasteiger charge is 2.62. The van der Waals surface area contributed by atoms with E-state index in [2.05, 4.69) is 0 Å². The van der Waals surface area contributed by atoms with E-state index in [1.165, 1.54) is 18.2 Å². The first-order valence-corrected chi connectivity index (χ1v) is 8.77. The predicted octanol–water partition coefficient (Wildman–Crippen LogP) is 5.95. The van der Waals surface area contributed by atoms with Gasteiger partial charge in [-0.05, 0) is 35.2 Å². The molecule has 0 saturated carbocycles. The van der Waals surface area contributed by atoms with E-state index < -0.39 is 17.5 Å². The zero-order chi connectivity index (χ0) is 18.2. The Labute approximate surface area is 155 Å². The standard InChI is InChI=1S/C19H18Cl2F3N/c1-13-10-25(11-14-5-3-2-4-6-14)12-18(13,19(22,23)24)15-7-16(20)9-17(21)8-15/h2-9,13H,10-12H2,1H3. The summed E-state index contributed by atoms with van der Waals surface area (Å²) in [7, 11) is 0. The summed E-state index contributed by atoms with van der Waals surface area (Å²) in [6, 6.07) is 13.8. The minimum Gasteiger partial charge on any atom is -0.298 e. The van der Waals surface area contributed by atoms with Crippen molar-refractivity contribution in [2.24, 2.45) is 5.92 Å². The molecule has 1 nitrogen and oxygen atoms in total. The highest BCUT2D eigenvalue weighted by molar-refractivity contribution is 6.34. The minimum absolute atomic E-state index is 0.108. The van der Waals surface area contributed by atoms with Crippen molar-refractivity contribution in [1.29, 1.82) is 0 Å². The van der Waals surface area contributed by atoms with Gasteiger partial charge in [-0.1, -0.05) is 60.5 Å². The molecule has 2 unspecified atom stereocenters. The third-order valence-corrected chi connectivity index (χ3v) is 5.42. The molecule has 0 N–H and O–H groups in total. The summed E-state index contributed by atoms with van der Waals surface area (Å²) >= 11 is 12.0. The largest absolute Gasteiger partial charge is 0.399 e. The van der Waals surface area contributed by atoms with Crippen LogP contribution in [0.2, 0.25) is 10.0 Å². The number of nitrogens with zero attached hydrogens (tertiary/aromatic N) is 1. The van der Waals surface area contributed by atoms with E-state index >= 15 is 0 Å². The van der Waals surface area contributed by atoms with Gasteiger partial charge in [0.25, 0.3) is 0 Å². The molecule has 2 aromatic rings. The van der Waals surface area contributed by atoms with Gasteiger partial charge in [-0.3, -0.25) is 4.90 Å². The van der Waals surface area contributed by atoms with Gasteiger partial charge in [0.05, 0.1) is 0 Å². The van der Waals surface area contributed by atoms with Crippen molar-refractivity contribution in [3.05, 3.63) is 69.7 Å². The Morgan fingerprint density at radius 2 is 1.68 bits per heavy atom. The van der Waals surface area contributed by atoms with Crippen molar-refractivity contribution in [3.8, 4) is 0 Å². The third kappa shape index (κ3) is 3.53. The lowest BCUT2D eigenvalue weighted by Gasteiger charge is -2.36. The van der Waals surface area contributed by atoms with E-state index in [1.807, 2.05) is 35.2 Å².